The van der Waals surface area contributed by atoms with E-state index in [2.05, 4.69) is 20.3 Å². The van der Waals surface area contributed by atoms with Gasteiger partial charge < -0.3 is 16.8 Å². The molecule has 0 aliphatic rings. The van der Waals surface area contributed by atoms with Gasteiger partial charge in [0.15, 0.2) is 0 Å². The number of carbonyl (C=O) groups is 2. The first-order valence-corrected chi connectivity index (χ1v) is 5.24. The minimum absolute atomic E-state index is 0.125. The van der Waals surface area contributed by atoms with Gasteiger partial charge in [0.05, 0.1) is 5.56 Å². The van der Waals surface area contributed by atoms with Crippen LogP contribution in [0.2, 0.25) is 0 Å². The number of amides is 2. The fourth-order valence-corrected chi connectivity index (χ4v) is 1.90. The predicted octanol–water partition coefficient (Wildman–Crippen LogP) is 0.0645. The molecule has 0 spiro atoms. The number of rotatable bonds is 3. The molecule has 2 aromatic rings. The monoisotopic (exact) mass is 253 g/mol. The molecular weight excluding hydrogens is 246 g/mol. The van der Waals surface area contributed by atoms with Crippen LogP contribution in [-0.2, 0) is 0 Å². The number of hydrogen-bond acceptors (Lipinski definition) is 7. The Labute approximate surface area is 98.5 Å². The Morgan fingerprint density at radius 1 is 1.41 bits per heavy atom. The van der Waals surface area contributed by atoms with Crippen LogP contribution in [0.15, 0.2) is 16.1 Å². The zero-order chi connectivity index (χ0) is 12.4. The number of nitrogens with two attached hydrogens (primary N) is 2. The number of nitrogen functional groups attached to an aromatic ring is 1. The van der Waals surface area contributed by atoms with E-state index in [4.69, 9.17) is 11.5 Å². The fraction of sp³-hybridized carbons (Fsp3) is 0. The molecule has 0 radical (unpaired) electrons. The van der Waals surface area contributed by atoms with Gasteiger partial charge in [0.1, 0.15) is 5.00 Å². The largest absolute Gasteiger partial charge is 0.379 e. The molecule has 0 bridgehead atoms. The maximum Gasteiger partial charge on any atom is 0.282 e. The number of aromatic nitrogens is 2. The lowest BCUT2D eigenvalue weighted by atomic mass is 10.3. The van der Waals surface area contributed by atoms with E-state index < -0.39 is 11.8 Å². The Morgan fingerprint density at radius 3 is 2.76 bits per heavy atom. The molecule has 0 saturated carbocycles. The molecular formula is C8H7N5O3S. The van der Waals surface area contributed by atoms with Crippen molar-refractivity contribution in [2.75, 3.05) is 11.1 Å². The highest BCUT2D eigenvalue weighted by atomic mass is 32.1. The number of carbonyl (C=O) groups excluding carboxylic acids is 2. The lowest BCUT2D eigenvalue weighted by Crippen LogP contribution is -2.17. The molecule has 8 nitrogen and oxygen atoms in total. The number of nitrogens with zero attached hydrogens (tertiary/aromatic N) is 2. The van der Waals surface area contributed by atoms with E-state index >= 15 is 0 Å². The molecule has 17 heavy (non-hydrogen) atoms. The first kappa shape index (κ1) is 11.1. The Bertz CT molecular complexity index is 575. The molecule has 2 aromatic heterocycles. The summed E-state index contributed by atoms with van der Waals surface area (Å²) in [4.78, 5) is 22.7. The number of primary amides is 1. The molecule has 88 valence electrons. The Balaban J connectivity index is 2.22. The third-order valence-electron chi connectivity index (χ3n) is 1.89. The summed E-state index contributed by atoms with van der Waals surface area (Å²) in [6.07, 6.45) is 0. The van der Waals surface area contributed by atoms with E-state index in [0.29, 0.717) is 5.00 Å². The Kier molecular flexibility index (Phi) is 2.75. The van der Waals surface area contributed by atoms with Crippen molar-refractivity contribution in [3.63, 3.8) is 0 Å². The first-order chi connectivity index (χ1) is 8.09. The third-order valence-corrected chi connectivity index (χ3v) is 2.72. The summed E-state index contributed by atoms with van der Waals surface area (Å²) in [6, 6.07) is 1.51. The summed E-state index contributed by atoms with van der Waals surface area (Å²) in [5, 5.41) is 11.0. The summed E-state index contributed by atoms with van der Waals surface area (Å²) in [6.45, 7) is 0. The van der Waals surface area contributed by atoms with E-state index in [0.717, 1.165) is 11.3 Å². The summed E-state index contributed by atoms with van der Waals surface area (Å²) in [7, 11) is 0. The van der Waals surface area contributed by atoms with Crippen molar-refractivity contribution in [1.82, 2.24) is 10.3 Å². The average molecular weight is 253 g/mol. The van der Waals surface area contributed by atoms with Gasteiger partial charge in [-0.05, 0) is 21.8 Å². The predicted molar refractivity (Wildman–Crippen MR) is 59.5 cm³/mol. The molecule has 0 aliphatic heterocycles. The number of nitrogens with one attached hydrogen (secondary N) is 1. The Hall–Kier alpha value is -2.42. The molecule has 9 heteroatoms. The van der Waals surface area contributed by atoms with Crippen LogP contribution in [0.1, 0.15) is 20.8 Å². The van der Waals surface area contributed by atoms with Gasteiger partial charge in [0, 0.05) is 0 Å². The molecule has 2 amide bonds. The normalized spacial score (nSPS) is 10.1. The molecule has 0 aromatic carbocycles. The van der Waals surface area contributed by atoms with Crippen LogP contribution in [0.4, 0.5) is 10.8 Å². The van der Waals surface area contributed by atoms with Crippen molar-refractivity contribution in [2.45, 2.75) is 0 Å². The molecule has 0 aliphatic carbocycles. The van der Waals surface area contributed by atoms with E-state index in [9.17, 15) is 9.59 Å². The summed E-state index contributed by atoms with van der Waals surface area (Å²) >= 11 is 1.16. The highest BCUT2D eigenvalue weighted by molar-refractivity contribution is 7.14. The van der Waals surface area contributed by atoms with Crippen LogP contribution in [0, 0.1) is 0 Å². The lowest BCUT2D eigenvalue weighted by Gasteiger charge is -2.01. The average Bonchev–Trinajstić information content (AvgIpc) is 2.86. The lowest BCUT2D eigenvalue weighted by molar-refractivity contribution is 0.100. The molecule has 0 unspecified atom stereocenters. The second-order valence-electron chi connectivity index (χ2n) is 2.98. The standard InChI is InChI=1S/C8H7N5O3S/c9-5-4(12-16-13-5)7(15)11-8-3(6(10)14)1-2-17-8/h1-2H,(H2,9,13)(H2,10,14)(H,11,15). The molecule has 2 heterocycles. The topological polar surface area (TPSA) is 137 Å². The highest BCUT2D eigenvalue weighted by Gasteiger charge is 2.19. The first-order valence-electron chi connectivity index (χ1n) is 4.36. The summed E-state index contributed by atoms with van der Waals surface area (Å²) < 4.78 is 4.29. The van der Waals surface area contributed by atoms with Crippen LogP contribution >= 0.6 is 11.3 Å². The molecule has 0 fully saturated rings. The van der Waals surface area contributed by atoms with Gasteiger partial charge in [-0.2, -0.15) is 0 Å². The molecule has 0 atom stereocenters. The van der Waals surface area contributed by atoms with Crippen molar-refractivity contribution in [2.24, 2.45) is 5.73 Å². The fourth-order valence-electron chi connectivity index (χ4n) is 1.12. The van der Waals surface area contributed by atoms with Gasteiger partial charge in [-0.15, -0.1) is 11.3 Å². The second-order valence-corrected chi connectivity index (χ2v) is 3.90. The van der Waals surface area contributed by atoms with Crippen molar-refractivity contribution < 1.29 is 14.2 Å². The van der Waals surface area contributed by atoms with Crippen LogP contribution < -0.4 is 16.8 Å². The van der Waals surface area contributed by atoms with Crippen molar-refractivity contribution >= 4 is 34.0 Å². The Morgan fingerprint density at radius 2 is 2.18 bits per heavy atom. The van der Waals surface area contributed by atoms with Gasteiger partial charge in [-0.1, -0.05) is 0 Å². The van der Waals surface area contributed by atoms with Gasteiger partial charge in [0.25, 0.3) is 11.8 Å². The second kappa shape index (κ2) is 4.22. The SMILES string of the molecule is NC(=O)c1ccsc1NC(=O)c1nonc1N. The smallest absolute Gasteiger partial charge is 0.282 e. The van der Waals surface area contributed by atoms with Crippen LogP contribution in [0.3, 0.4) is 0 Å². The van der Waals surface area contributed by atoms with Crippen molar-refractivity contribution in [3.8, 4) is 0 Å². The minimum Gasteiger partial charge on any atom is -0.379 e. The molecule has 0 saturated heterocycles. The van der Waals surface area contributed by atoms with Gasteiger partial charge in [0.2, 0.25) is 11.5 Å². The maximum atomic E-state index is 11.7. The van der Waals surface area contributed by atoms with E-state index in [1.165, 1.54) is 6.07 Å². The molecule has 2 rings (SSSR count). The van der Waals surface area contributed by atoms with E-state index in [1.807, 2.05) is 0 Å². The number of thiophene rings is 1. The van der Waals surface area contributed by atoms with Gasteiger partial charge in [-0.25, -0.2) is 4.63 Å². The quantitative estimate of drug-likeness (QED) is 0.707. The highest BCUT2D eigenvalue weighted by Crippen LogP contribution is 2.23. The third kappa shape index (κ3) is 2.08. The summed E-state index contributed by atoms with van der Waals surface area (Å²) in [5.41, 5.74) is 10.6. The summed E-state index contributed by atoms with van der Waals surface area (Å²) in [5.74, 6) is -1.37. The molecule has 5 N–H and O–H groups in total. The van der Waals surface area contributed by atoms with Crippen LogP contribution in [-0.4, -0.2) is 22.1 Å². The number of hydrogen-bond donors (Lipinski definition) is 3. The van der Waals surface area contributed by atoms with Gasteiger partial charge in [-0.3, -0.25) is 9.59 Å². The minimum atomic E-state index is -0.632. The van der Waals surface area contributed by atoms with Crippen molar-refractivity contribution in [1.29, 1.82) is 0 Å². The maximum absolute atomic E-state index is 11.7. The van der Waals surface area contributed by atoms with E-state index in [-0.39, 0.29) is 17.1 Å². The number of anilines is 2. The zero-order valence-corrected chi connectivity index (χ0v) is 9.15. The van der Waals surface area contributed by atoms with Gasteiger partial charge >= 0.3 is 0 Å². The van der Waals surface area contributed by atoms with Crippen LogP contribution in [0.5, 0.6) is 0 Å². The van der Waals surface area contributed by atoms with E-state index in [1.54, 1.807) is 5.38 Å². The van der Waals surface area contributed by atoms with Crippen LogP contribution in [0.25, 0.3) is 0 Å². The van der Waals surface area contributed by atoms with Crippen molar-refractivity contribution in [3.05, 3.63) is 22.7 Å². The zero-order valence-electron chi connectivity index (χ0n) is 8.34.